The molecular weight excluding hydrogens is 478 g/mol. The van der Waals surface area contributed by atoms with Crippen LogP contribution in [0.4, 0.5) is 5.69 Å². The Morgan fingerprint density at radius 3 is 2.13 bits per heavy atom. The number of nitrogens with zero attached hydrogens (tertiary/aromatic N) is 1. The van der Waals surface area contributed by atoms with E-state index in [1.54, 1.807) is 0 Å². The highest BCUT2D eigenvalue weighted by atomic mass is 32.2. The van der Waals surface area contributed by atoms with Crippen LogP contribution in [0.25, 0.3) is 11.1 Å². The molecule has 2 aromatic carbocycles. The second-order valence-corrected chi connectivity index (χ2v) is 10.6. The molecule has 0 radical (unpaired) electrons. The monoisotopic (exact) mass is 533 g/mol. The van der Waals surface area contributed by atoms with Crippen molar-refractivity contribution in [3.8, 4) is 0 Å². The zero-order chi connectivity index (χ0) is 28.7. The molecule has 2 aromatic rings. The minimum atomic E-state index is 1.02. The predicted octanol–water partition coefficient (Wildman–Crippen LogP) is 11.0. The molecular formula is C36H55NS. The Bertz CT molecular complexity index is 1070. The van der Waals surface area contributed by atoms with E-state index in [0.29, 0.717) is 0 Å². The number of hydrogen-bond acceptors (Lipinski definition) is 2. The van der Waals surface area contributed by atoms with Crippen molar-refractivity contribution in [1.29, 1.82) is 0 Å². The second-order valence-electron chi connectivity index (χ2n) is 9.62. The van der Waals surface area contributed by atoms with Crippen molar-refractivity contribution in [3.05, 3.63) is 88.0 Å². The van der Waals surface area contributed by atoms with Crippen molar-refractivity contribution in [2.24, 2.45) is 0 Å². The molecule has 0 atom stereocenters. The zero-order valence-corrected chi connectivity index (χ0v) is 27.1. The average Bonchev–Trinajstić information content (AvgIpc) is 2.94. The van der Waals surface area contributed by atoms with Crippen LogP contribution in [0.3, 0.4) is 0 Å². The summed E-state index contributed by atoms with van der Waals surface area (Å²) in [5.74, 6) is 1.11. The molecule has 0 saturated carbocycles. The first-order valence-electron chi connectivity index (χ1n) is 15.0. The standard InChI is InChI=1S/C31H41NS.C3H8.C2H6/c1-8-12-25-20-26-21-27(32(10-3)11-4)14-16-28(26)31(23(25)6)29-15-13-24(9-2)19-30(29)22(5)17-18-33-7;1-3-2;1-2/h12-16,19,21H,5,8-11,17-18,20H2,1-4,6-7H3;3H2,1-2H3;1-2H3/b25-12+;;. The van der Waals surface area contributed by atoms with Crippen LogP contribution in [0, 0.1) is 0 Å². The summed E-state index contributed by atoms with van der Waals surface area (Å²) in [4.78, 5) is 2.44. The van der Waals surface area contributed by atoms with E-state index in [9.17, 15) is 0 Å². The number of fused-ring (bicyclic) bond motifs is 1. The van der Waals surface area contributed by atoms with E-state index < -0.39 is 0 Å². The molecule has 1 aliphatic rings. The molecule has 0 aromatic heterocycles. The minimum Gasteiger partial charge on any atom is -0.372 e. The van der Waals surface area contributed by atoms with E-state index >= 15 is 0 Å². The quantitative estimate of drug-likeness (QED) is 0.299. The summed E-state index contributed by atoms with van der Waals surface area (Å²) in [5.41, 5.74) is 13.8. The van der Waals surface area contributed by atoms with Crippen LogP contribution in [0.15, 0.2) is 60.2 Å². The SMILES string of the molecule is C=C(CCSC)c1cc(CC)ccc1C1=C(C)/C(=C/CC)Cc2cc(N(CC)CC)ccc21.CC.CCC. The molecule has 0 heterocycles. The minimum absolute atomic E-state index is 1.02. The number of hydrogen-bond donors (Lipinski definition) is 0. The van der Waals surface area contributed by atoms with Gasteiger partial charge in [0.15, 0.2) is 0 Å². The normalized spacial score (nSPS) is 13.3. The lowest BCUT2D eigenvalue weighted by atomic mass is 9.77. The summed E-state index contributed by atoms with van der Waals surface area (Å²) < 4.78 is 0. The molecule has 0 bridgehead atoms. The molecule has 0 unspecified atom stereocenters. The molecule has 1 aliphatic carbocycles. The summed E-state index contributed by atoms with van der Waals surface area (Å²) in [7, 11) is 0. The van der Waals surface area contributed by atoms with Gasteiger partial charge in [0, 0.05) is 18.8 Å². The molecule has 210 valence electrons. The van der Waals surface area contributed by atoms with Crippen LogP contribution in [0.2, 0.25) is 0 Å². The number of allylic oxidation sites excluding steroid dienone is 4. The number of thioether (sulfide) groups is 1. The third kappa shape index (κ3) is 8.67. The van der Waals surface area contributed by atoms with Crippen molar-refractivity contribution in [1.82, 2.24) is 0 Å². The maximum atomic E-state index is 4.53. The number of anilines is 1. The first-order chi connectivity index (χ1) is 18.4. The molecule has 0 N–H and O–H groups in total. The first kappa shape index (κ1) is 33.8. The Hall–Kier alpha value is -2.19. The van der Waals surface area contributed by atoms with E-state index in [1.165, 1.54) is 62.2 Å². The van der Waals surface area contributed by atoms with Crippen LogP contribution in [-0.2, 0) is 12.8 Å². The topological polar surface area (TPSA) is 3.24 Å². The second kappa shape index (κ2) is 18.2. The van der Waals surface area contributed by atoms with E-state index in [1.807, 2.05) is 25.6 Å². The number of rotatable bonds is 10. The van der Waals surface area contributed by atoms with E-state index in [-0.39, 0.29) is 0 Å². The van der Waals surface area contributed by atoms with Gasteiger partial charge in [0.05, 0.1) is 0 Å². The third-order valence-electron chi connectivity index (χ3n) is 6.93. The van der Waals surface area contributed by atoms with Crippen LogP contribution in [-0.4, -0.2) is 25.1 Å². The molecule has 2 heteroatoms. The van der Waals surface area contributed by atoms with Crippen LogP contribution < -0.4 is 4.90 Å². The van der Waals surface area contributed by atoms with Gasteiger partial charge in [0.2, 0.25) is 0 Å². The zero-order valence-electron chi connectivity index (χ0n) is 26.3. The van der Waals surface area contributed by atoms with Gasteiger partial charge in [-0.25, -0.2) is 0 Å². The summed E-state index contributed by atoms with van der Waals surface area (Å²) in [6.07, 6.45) is 10.0. The lowest BCUT2D eigenvalue weighted by molar-refractivity contribution is 0.864. The molecule has 0 spiro atoms. The van der Waals surface area contributed by atoms with Gasteiger partial charge < -0.3 is 4.90 Å². The van der Waals surface area contributed by atoms with Crippen LogP contribution in [0.1, 0.15) is 109 Å². The predicted molar refractivity (Wildman–Crippen MR) is 179 cm³/mol. The summed E-state index contributed by atoms with van der Waals surface area (Å²) in [6.45, 7) is 26.1. The van der Waals surface area contributed by atoms with Crippen molar-refractivity contribution < 1.29 is 0 Å². The Kier molecular flexibility index (Phi) is 16.2. The summed E-state index contributed by atoms with van der Waals surface area (Å²) >= 11 is 1.89. The molecule has 3 rings (SSSR count). The molecule has 0 fully saturated rings. The highest BCUT2D eigenvalue weighted by Gasteiger charge is 2.24. The van der Waals surface area contributed by atoms with Crippen LogP contribution >= 0.6 is 11.8 Å². The smallest absolute Gasteiger partial charge is 0.0369 e. The number of aryl methyl sites for hydroxylation is 1. The van der Waals surface area contributed by atoms with Crippen molar-refractivity contribution in [3.63, 3.8) is 0 Å². The molecule has 0 saturated heterocycles. The van der Waals surface area contributed by atoms with E-state index in [2.05, 4.69) is 109 Å². The van der Waals surface area contributed by atoms with Crippen LogP contribution in [0.5, 0.6) is 0 Å². The fourth-order valence-corrected chi connectivity index (χ4v) is 5.41. The van der Waals surface area contributed by atoms with Gasteiger partial charge in [-0.1, -0.05) is 84.9 Å². The van der Waals surface area contributed by atoms with Gasteiger partial charge in [-0.2, -0.15) is 11.8 Å². The first-order valence-corrected chi connectivity index (χ1v) is 16.4. The molecule has 38 heavy (non-hydrogen) atoms. The van der Waals surface area contributed by atoms with Gasteiger partial charge in [-0.3, -0.25) is 0 Å². The van der Waals surface area contributed by atoms with Crippen molar-refractivity contribution >= 4 is 28.6 Å². The Labute approximate surface area is 240 Å². The Balaban J connectivity index is 0.00000135. The van der Waals surface area contributed by atoms with Gasteiger partial charge in [-0.15, -0.1) is 0 Å². The Morgan fingerprint density at radius 2 is 1.58 bits per heavy atom. The van der Waals surface area contributed by atoms with E-state index in [4.69, 9.17) is 0 Å². The highest BCUT2D eigenvalue weighted by Crippen LogP contribution is 2.42. The molecule has 0 aliphatic heterocycles. The lowest BCUT2D eigenvalue weighted by Crippen LogP contribution is -2.22. The lowest BCUT2D eigenvalue weighted by Gasteiger charge is -2.29. The fourth-order valence-electron chi connectivity index (χ4n) is 4.96. The maximum Gasteiger partial charge on any atom is 0.0369 e. The van der Waals surface area contributed by atoms with E-state index in [0.717, 1.165) is 44.5 Å². The van der Waals surface area contributed by atoms with Gasteiger partial charge in [0.25, 0.3) is 0 Å². The average molecular weight is 534 g/mol. The van der Waals surface area contributed by atoms with Crippen molar-refractivity contribution in [2.75, 3.05) is 30.0 Å². The Morgan fingerprint density at radius 1 is 0.947 bits per heavy atom. The molecule has 0 amide bonds. The van der Waals surface area contributed by atoms with Gasteiger partial charge in [-0.05, 0) is 121 Å². The summed E-state index contributed by atoms with van der Waals surface area (Å²) in [5, 5.41) is 0. The van der Waals surface area contributed by atoms with Gasteiger partial charge in [0.1, 0.15) is 0 Å². The summed E-state index contributed by atoms with van der Waals surface area (Å²) in [6, 6.07) is 14.2. The number of benzene rings is 2. The largest absolute Gasteiger partial charge is 0.372 e. The maximum absolute atomic E-state index is 4.53. The molecule has 1 nitrogen and oxygen atoms in total. The van der Waals surface area contributed by atoms with Gasteiger partial charge >= 0.3 is 0 Å². The van der Waals surface area contributed by atoms with Crippen molar-refractivity contribution in [2.45, 2.75) is 94.4 Å². The highest BCUT2D eigenvalue weighted by molar-refractivity contribution is 7.98. The fraction of sp³-hybridized carbons (Fsp3) is 0.500. The third-order valence-corrected chi connectivity index (χ3v) is 7.54.